The smallest absolute Gasteiger partial charge is 0.325 e. The highest BCUT2D eigenvalue weighted by Gasteiger charge is 2.23. The summed E-state index contributed by atoms with van der Waals surface area (Å²) in [4.78, 5) is 41.5. The standard InChI is InChI=1S/C22H23N3O5/c1-22(2,3)30-17(26)12-24-20(28)18-19(27)14-10-15(13-8-6-5-7-9-13)23-11-16(14)25(4)21(18)29/h5-11,27H,12H2,1-4H3,(H,24,28). The highest BCUT2D eigenvalue weighted by atomic mass is 16.6. The van der Waals surface area contributed by atoms with Gasteiger partial charge in [0.05, 0.1) is 17.4 Å². The van der Waals surface area contributed by atoms with Crippen LogP contribution in [0.4, 0.5) is 0 Å². The zero-order chi connectivity index (χ0) is 22.1. The lowest BCUT2D eigenvalue weighted by Crippen LogP contribution is -2.37. The van der Waals surface area contributed by atoms with Crippen LogP contribution in [-0.4, -0.2) is 38.7 Å². The number of benzene rings is 1. The van der Waals surface area contributed by atoms with Crippen molar-refractivity contribution in [3.05, 3.63) is 58.5 Å². The Hall–Kier alpha value is -3.68. The van der Waals surface area contributed by atoms with Crippen molar-refractivity contribution in [3.63, 3.8) is 0 Å². The van der Waals surface area contributed by atoms with E-state index in [2.05, 4.69) is 10.3 Å². The highest BCUT2D eigenvalue weighted by Crippen LogP contribution is 2.29. The predicted octanol–water partition coefficient (Wildman–Crippen LogP) is 2.38. The Morgan fingerprint density at radius 3 is 2.50 bits per heavy atom. The Balaban J connectivity index is 1.99. The van der Waals surface area contributed by atoms with Crippen LogP contribution in [0.3, 0.4) is 0 Å². The third-order valence-electron chi connectivity index (χ3n) is 4.36. The van der Waals surface area contributed by atoms with Gasteiger partial charge in [-0.25, -0.2) is 0 Å². The first-order valence-corrected chi connectivity index (χ1v) is 9.35. The number of aromatic nitrogens is 2. The lowest BCUT2D eigenvalue weighted by Gasteiger charge is -2.19. The largest absolute Gasteiger partial charge is 0.506 e. The minimum Gasteiger partial charge on any atom is -0.506 e. The van der Waals surface area contributed by atoms with Gasteiger partial charge in [-0.3, -0.25) is 19.4 Å². The first-order valence-electron chi connectivity index (χ1n) is 9.35. The number of rotatable bonds is 4. The van der Waals surface area contributed by atoms with Crippen LogP contribution in [0.15, 0.2) is 47.4 Å². The Kier molecular flexibility index (Phi) is 5.60. The van der Waals surface area contributed by atoms with Crippen LogP contribution in [0.1, 0.15) is 31.1 Å². The van der Waals surface area contributed by atoms with E-state index < -0.39 is 40.9 Å². The van der Waals surface area contributed by atoms with E-state index in [1.807, 2.05) is 30.3 Å². The Morgan fingerprint density at radius 2 is 1.87 bits per heavy atom. The number of esters is 1. The van der Waals surface area contributed by atoms with Gasteiger partial charge in [0.1, 0.15) is 23.5 Å². The molecule has 8 nitrogen and oxygen atoms in total. The predicted molar refractivity (Wildman–Crippen MR) is 112 cm³/mol. The molecule has 1 aromatic carbocycles. The fourth-order valence-corrected chi connectivity index (χ4v) is 3.01. The van der Waals surface area contributed by atoms with Crippen molar-refractivity contribution in [2.45, 2.75) is 26.4 Å². The Labute approximate surface area is 173 Å². The van der Waals surface area contributed by atoms with E-state index in [0.29, 0.717) is 16.6 Å². The first kappa shape index (κ1) is 21.0. The van der Waals surface area contributed by atoms with E-state index >= 15 is 0 Å². The number of pyridine rings is 2. The number of nitrogens with one attached hydrogen (secondary N) is 1. The SMILES string of the molecule is Cn1c(=O)c(C(=O)NCC(=O)OC(C)(C)C)c(O)c2cc(-c3ccccc3)ncc21. The van der Waals surface area contributed by atoms with Crippen LogP contribution in [-0.2, 0) is 16.6 Å². The molecule has 2 aromatic heterocycles. The minimum absolute atomic E-state index is 0.299. The number of nitrogens with zero attached hydrogens (tertiary/aromatic N) is 2. The third-order valence-corrected chi connectivity index (χ3v) is 4.36. The average Bonchev–Trinajstić information content (AvgIpc) is 2.70. The zero-order valence-corrected chi connectivity index (χ0v) is 17.2. The van der Waals surface area contributed by atoms with Crippen molar-refractivity contribution in [1.29, 1.82) is 0 Å². The maximum absolute atomic E-state index is 12.7. The monoisotopic (exact) mass is 409 g/mol. The van der Waals surface area contributed by atoms with Crippen molar-refractivity contribution >= 4 is 22.8 Å². The molecule has 0 saturated heterocycles. The van der Waals surface area contributed by atoms with E-state index in [1.165, 1.54) is 17.8 Å². The molecular formula is C22H23N3O5. The molecule has 3 aromatic rings. The molecule has 2 heterocycles. The third kappa shape index (κ3) is 4.32. The van der Waals surface area contributed by atoms with E-state index in [0.717, 1.165) is 5.56 Å². The van der Waals surface area contributed by atoms with Gasteiger partial charge in [-0.05, 0) is 26.8 Å². The fourth-order valence-electron chi connectivity index (χ4n) is 3.01. The van der Waals surface area contributed by atoms with Crippen molar-refractivity contribution in [2.24, 2.45) is 7.05 Å². The van der Waals surface area contributed by atoms with Crippen molar-refractivity contribution in [3.8, 4) is 17.0 Å². The molecule has 0 aliphatic rings. The second-order valence-corrected chi connectivity index (χ2v) is 7.81. The summed E-state index contributed by atoms with van der Waals surface area (Å²) in [6.07, 6.45) is 1.47. The van der Waals surface area contributed by atoms with Gasteiger partial charge in [-0.15, -0.1) is 0 Å². The van der Waals surface area contributed by atoms with Gasteiger partial charge in [0, 0.05) is 18.0 Å². The lowest BCUT2D eigenvalue weighted by molar-refractivity contribution is -0.153. The summed E-state index contributed by atoms with van der Waals surface area (Å²) in [6.45, 7) is 4.68. The van der Waals surface area contributed by atoms with E-state index in [4.69, 9.17) is 4.74 Å². The van der Waals surface area contributed by atoms with E-state index in [-0.39, 0.29) is 0 Å². The van der Waals surface area contributed by atoms with Gasteiger partial charge < -0.3 is 19.7 Å². The van der Waals surface area contributed by atoms with Crippen LogP contribution in [0.2, 0.25) is 0 Å². The van der Waals surface area contributed by atoms with Crippen molar-refractivity contribution in [1.82, 2.24) is 14.9 Å². The molecule has 0 aliphatic heterocycles. The molecule has 3 rings (SSSR count). The number of carbonyl (C=O) groups is 2. The second kappa shape index (κ2) is 7.98. The van der Waals surface area contributed by atoms with Crippen molar-refractivity contribution < 1.29 is 19.4 Å². The summed E-state index contributed by atoms with van der Waals surface area (Å²) in [6, 6.07) is 10.9. The van der Waals surface area contributed by atoms with Gasteiger partial charge in [0.2, 0.25) is 0 Å². The van der Waals surface area contributed by atoms with E-state index in [1.54, 1.807) is 26.8 Å². The Morgan fingerprint density at radius 1 is 1.20 bits per heavy atom. The number of ether oxygens (including phenoxy) is 1. The average molecular weight is 409 g/mol. The second-order valence-electron chi connectivity index (χ2n) is 7.81. The molecule has 0 radical (unpaired) electrons. The molecule has 0 fully saturated rings. The highest BCUT2D eigenvalue weighted by molar-refractivity contribution is 6.03. The Bertz CT molecular complexity index is 1180. The van der Waals surface area contributed by atoms with E-state index in [9.17, 15) is 19.5 Å². The summed E-state index contributed by atoms with van der Waals surface area (Å²) in [5.41, 5.74) is -0.0690. The van der Waals surface area contributed by atoms with Gasteiger partial charge in [0.25, 0.3) is 11.5 Å². The van der Waals surface area contributed by atoms with Gasteiger partial charge in [0.15, 0.2) is 0 Å². The summed E-state index contributed by atoms with van der Waals surface area (Å²) < 4.78 is 6.37. The summed E-state index contributed by atoms with van der Waals surface area (Å²) in [5.74, 6) is -1.98. The summed E-state index contributed by atoms with van der Waals surface area (Å²) in [5, 5.41) is 13.4. The quantitative estimate of drug-likeness (QED) is 0.640. The topological polar surface area (TPSA) is 111 Å². The number of hydrogen-bond acceptors (Lipinski definition) is 6. The molecule has 1 amide bonds. The maximum atomic E-state index is 12.7. The minimum atomic E-state index is -0.862. The number of carbonyl (C=O) groups excluding carboxylic acids is 2. The molecular weight excluding hydrogens is 386 g/mol. The van der Waals surface area contributed by atoms with Gasteiger partial charge in [-0.1, -0.05) is 30.3 Å². The molecule has 0 bridgehead atoms. The number of aryl methyl sites for hydroxylation is 1. The number of fused-ring (bicyclic) bond motifs is 1. The normalized spacial score (nSPS) is 11.3. The number of hydrogen-bond donors (Lipinski definition) is 2. The maximum Gasteiger partial charge on any atom is 0.325 e. The molecule has 156 valence electrons. The summed E-state index contributed by atoms with van der Waals surface area (Å²) >= 11 is 0. The number of amides is 1. The van der Waals surface area contributed by atoms with Gasteiger partial charge >= 0.3 is 5.97 Å². The van der Waals surface area contributed by atoms with Crippen molar-refractivity contribution in [2.75, 3.05) is 6.54 Å². The zero-order valence-electron chi connectivity index (χ0n) is 17.2. The number of aromatic hydroxyl groups is 1. The molecule has 0 spiro atoms. The van der Waals surface area contributed by atoms with Crippen LogP contribution in [0.25, 0.3) is 22.2 Å². The molecule has 2 N–H and O–H groups in total. The van der Waals surface area contributed by atoms with Crippen LogP contribution in [0, 0.1) is 0 Å². The van der Waals surface area contributed by atoms with Crippen LogP contribution >= 0.6 is 0 Å². The molecule has 8 heteroatoms. The van der Waals surface area contributed by atoms with Gasteiger partial charge in [-0.2, -0.15) is 0 Å². The fraction of sp³-hybridized carbons (Fsp3) is 0.273. The molecule has 0 unspecified atom stereocenters. The van der Waals surface area contributed by atoms with Crippen LogP contribution in [0.5, 0.6) is 5.75 Å². The van der Waals surface area contributed by atoms with Crippen LogP contribution < -0.4 is 10.9 Å². The molecule has 30 heavy (non-hydrogen) atoms. The molecule has 0 aliphatic carbocycles. The summed E-state index contributed by atoms with van der Waals surface area (Å²) in [7, 11) is 1.48. The molecule has 0 saturated carbocycles. The lowest BCUT2D eigenvalue weighted by atomic mass is 10.1. The molecule has 0 atom stereocenters. The first-order chi connectivity index (χ1) is 14.1.